The number of aromatic nitrogens is 1. The van der Waals surface area contributed by atoms with Gasteiger partial charge in [0.1, 0.15) is 0 Å². The van der Waals surface area contributed by atoms with Crippen LogP contribution in [-0.4, -0.2) is 10.8 Å². The Morgan fingerprint density at radius 1 is 1.37 bits per heavy atom. The minimum absolute atomic E-state index is 0.0648. The molecule has 96 valence electrons. The molecule has 2 nitrogen and oxygen atoms in total. The Labute approximate surface area is 124 Å². The lowest BCUT2D eigenvalue weighted by Gasteiger charge is -2.11. The van der Waals surface area contributed by atoms with Crippen molar-refractivity contribution in [3.63, 3.8) is 0 Å². The number of aryl methyl sites for hydroxylation is 1. The molecule has 0 spiro atoms. The number of hydrogen-bond acceptors (Lipinski definition) is 2. The lowest BCUT2D eigenvalue weighted by molar-refractivity contribution is 0.0958. The average molecular weight is 337 g/mol. The molecule has 1 unspecified atom stereocenters. The molecule has 0 amide bonds. The zero-order valence-electron chi connectivity index (χ0n) is 10.1. The normalized spacial score (nSPS) is 17.3. The van der Waals surface area contributed by atoms with Gasteiger partial charge in [-0.05, 0) is 42.7 Å². The minimum Gasteiger partial charge on any atom is -0.293 e. The lowest BCUT2D eigenvalue weighted by atomic mass is 9.95. The smallest absolute Gasteiger partial charge is 0.173 e. The van der Waals surface area contributed by atoms with Crippen molar-refractivity contribution in [1.29, 1.82) is 0 Å². The van der Waals surface area contributed by atoms with E-state index in [4.69, 9.17) is 11.6 Å². The van der Waals surface area contributed by atoms with Crippen LogP contribution >= 0.6 is 27.5 Å². The number of pyridine rings is 1. The van der Waals surface area contributed by atoms with Gasteiger partial charge >= 0.3 is 0 Å². The van der Waals surface area contributed by atoms with E-state index in [0.717, 1.165) is 23.0 Å². The summed E-state index contributed by atoms with van der Waals surface area (Å²) in [7, 11) is 0. The maximum Gasteiger partial charge on any atom is 0.173 e. The van der Waals surface area contributed by atoms with E-state index < -0.39 is 0 Å². The van der Waals surface area contributed by atoms with Crippen LogP contribution in [-0.2, 0) is 6.42 Å². The summed E-state index contributed by atoms with van der Waals surface area (Å²) < 4.78 is 0.874. The Hall–Kier alpha value is -1.19. The summed E-state index contributed by atoms with van der Waals surface area (Å²) in [6.07, 6.45) is 3.47. The van der Waals surface area contributed by atoms with Crippen LogP contribution in [0.2, 0.25) is 5.02 Å². The molecule has 1 aromatic heterocycles. The van der Waals surface area contributed by atoms with Gasteiger partial charge in [0.25, 0.3) is 0 Å². The highest BCUT2D eigenvalue weighted by molar-refractivity contribution is 9.10. The largest absolute Gasteiger partial charge is 0.293 e. The average Bonchev–Trinajstić information content (AvgIpc) is 2.82. The molecule has 0 N–H and O–H groups in total. The van der Waals surface area contributed by atoms with Gasteiger partial charge in [-0.25, -0.2) is 0 Å². The Balaban J connectivity index is 1.98. The molecule has 19 heavy (non-hydrogen) atoms. The molecule has 1 aliphatic carbocycles. The fourth-order valence-corrected chi connectivity index (χ4v) is 3.31. The maximum absolute atomic E-state index is 12.6. The van der Waals surface area contributed by atoms with Crippen LogP contribution < -0.4 is 0 Å². The second-order valence-corrected chi connectivity index (χ2v) is 5.95. The fourth-order valence-electron chi connectivity index (χ4n) is 2.54. The molecule has 2 aromatic rings. The number of fused-ring (bicyclic) bond motifs is 1. The molecule has 1 atom stereocenters. The minimum atomic E-state index is -0.158. The van der Waals surface area contributed by atoms with Crippen molar-refractivity contribution in [2.24, 2.45) is 0 Å². The molecular formula is C15H11BrClNO. The summed E-state index contributed by atoms with van der Waals surface area (Å²) in [4.78, 5) is 17.0. The van der Waals surface area contributed by atoms with E-state index in [1.807, 2.05) is 18.2 Å². The van der Waals surface area contributed by atoms with E-state index in [1.54, 1.807) is 18.3 Å². The van der Waals surface area contributed by atoms with E-state index in [2.05, 4.69) is 20.9 Å². The van der Waals surface area contributed by atoms with Gasteiger partial charge in [0.2, 0.25) is 0 Å². The highest BCUT2D eigenvalue weighted by Gasteiger charge is 2.31. The van der Waals surface area contributed by atoms with Gasteiger partial charge in [0, 0.05) is 16.2 Å². The first-order valence-corrected chi connectivity index (χ1v) is 7.27. The van der Waals surface area contributed by atoms with Crippen LogP contribution in [0.1, 0.15) is 34.0 Å². The van der Waals surface area contributed by atoms with Gasteiger partial charge < -0.3 is 0 Å². The molecule has 0 bridgehead atoms. The van der Waals surface area contributed by atoms with E-state index in [0.29, 0.717) is 10.6 Å². The highest BCUT2D eigenvalue weighted by atomic mass is 79.9. The summed E-state index contributed by atoms with van der Waals surface area (Å²) in [5.74, 6) is -0.0928. The topological polar surface area (TPSA) is 30.0 Å². The van der Waals surface area contributed by atoms with Crippen molar-refractivity contribution >= 4 is 33.3 Å². The summed E-state index contributed by atoms with van der Waals surface area (Å²) >= 11 is 9.51. The molecular weight excluding hydrogens is 326 g/mol. The Kier molecular flexibility index (Phi) is 3.42. The maximum atomic E-state index is 12.6. The van der Waals surface area contributed by atoms with Crippen molar-refractivity contribution in [3.8, 4) is 0 Å². The number of rotatable bonds is 2. The number of ketones is 1. The van der Waals surface area contributed by atoms with Crippen molar-refractivity contribution in [1.82, 2.24) is 4.98 Å². The zero-order valence-corrected chi connectivity index (χ0v) is 12.4. The second kappa shape index (κ2) is 5.06. The third-order valence-corrected chi connectivity index (χ3v) is 4.28. The van der Waals surface area contributed by atoms with Crippen LogP contribution in [0.5, 0.6) is 0 Å². The van der Waals surface area contributed by atoms with Crippen LogP contribution in [0.3, 0.4) is 0 Å². The summed E-state index contributed by atoms with van der Waals surface area (Å²) in [6.45, 7) is 0. The number of nitrogens with zero attached hydrogens (tertiary/aromatic N) is 1. The number of carbonyl (C=O) groups is 1. The molecule has 0 saturated carbocycles. The predicted molar refractivity (Wildman–Crippen MR) is 78.8 cm³/mol. The van der Waals surface area contributed by atoms with Gasteiger partial charge in [-0.2, -0.15) is 0 Å². The van der Waals surface area contributed by atoms with E-state index in [-0.39, 0.29) is 11.7 Å². The number of hydrogen-bond donors (Lipinski definition) is 0. The van der Waals surface area contributed by atoms with Crippen molar-refractivity contribution in [2.45, 2.75) is 18.8 Å². The SMILES string of the molecule is O=C(c1ccc(Br)cc1Cl)C1CCc2cccnc21. The number of benzene rings is 1. The Bertz CT molecular complexity index is 656. The van der Waals surface area contributed by atoms with E-state index in [1.165, 1.54) is 5.56 Å². The molecule has 1 aliphatic rings. The van der Waals surface area contributed by atoms with Crippen LogP contribution in [0.25, 0.3) is 0 Å². The Morgan fingerprint density at radius 3 is 3.00 bits per heavy atom. The number of Topliss-reactive ketones (excluding diaryl/α,β-unsaturated/α-hetero) is 1. The van der Waals surface area contributed by atoms with Gasteiger partial charge in [-0.1, -0.05) is 33.6 Å². The molecule has 0 radical (unpaired) electrons. The predicted octanol–water partition coefficient (Wildman–Crippen LogP) is 4.41. The highest BCUT2D eigenvalue weighted by Crippen LogP contribution is 2.35. The van der Waals surface area contributed by atoms with Gasteiger partial charge in [0.05, 0.1) is 16.6 Å². The molecule has 1 aromatic carbocycles. The molecule has 1 heterocycles. The zero-order chi connectivity index (χ0) is 13.4. The molecule has 4 heteroatoms. The van der Waals surface area contributed by atoms with E-state index >= 15 is 0 Å². The summed E-state index contributed by atoms with van der Waals surface area (Å²) in [5, 5.41) is 0.490. The van der Waals surface area contributed by atoms with Gasteiger partial charge in [0.15, 0.2) is 5.78 Å². The third kappa shape index (κ3) is 2.33. The van der Waals surface area contributed by atoms with E-state index in [9.17, 15) is 4.79 Å². The molecule has 0 saturated heterocycles. The first kappa shape index (κ1) is 12.8. The fraction of sp³-hybridized carbons (Fsp3) is 0.200. The lowest BCUT2D eigenvalue weighted by Crippen LogP contribution is -2.11. The first-order valence-electron chi connectivity index (χ1n) is 6.10. The first-order chi connectivity index (χ1) is 9.16. The Morgan fingerprint density at radius 2 is 2.21 bits per heavy atom. The van der Waals surface area contributed by atoms with Crippen LogP contribution in [0, 0.1) is 0 Å². The van der Waals surface area contributed by atoms with Gasteiger partial charge in [-0.15, -0.1) is 0 Å². The molecule has 0 aliphatic heterocycles. The monoisotopic (exact) mass is 335 g/mol. The summed E-state index contributed by atoms with van der Waals surface area (Å²) in [6, 6.07) is 9.32. The van der Waals surface area contributed by atoms with Crippen LogP contribution in [0.4, 0.5) is 0 Å². The quantitative estimate of drug-likeness (QED) is 0.760. The third-order valence-electron chi connectivity index (χ3n) is 3.47. The second-order valence-electron chi connectivity index (χ2n) is 4.63. The number of carbonyl (C=O) groups excluding carboxylic acids is 1. The van der Waals surface area contributed by atoms with Gasteiger partial charge in [-0.3, -0.25) is 9.78 Å². The standard InChI is InChI=1S/C15H11BrClNO/c16-10-4-6-11(13(17)8-10)15(19)12-5-3-9-2-1-7-18-14(9)12/h1-2,4,6-8,12H,3,5H2. The summed E-state index contributed by atoms with van der Waals surface area (Å²) in [5.41, 5.74) is 2.66. The van der Waals surface area contributed by atoms with Crippen molar-refractivity contribution in [3.05, 3.63) is 62.8 Å². The molecule has 0 fully saturated rings. The van der Waals surface area contributed by atoms with Crippen molar-refractivity contribution < 1.29 is 4.79 Å². The van der Waals surface area contributed by atoms with Crippen molar-refractivity contribution in [2.75, 3.05) is 0 Å². The number of halogens is 2. The van der Waals surface area contributed by atoms with Crippen LogP contribution in [0.15, 0.2) is 41.0 Å². The molecule has 3 rings (SSSR count).